The number of benzene rings is 1. The van der Waals surface area contributed by atoms with Gasteiger partial charge in [-0.1, -0.05) is 42.1 Å². The molecule has 1 amide bonds. The van der Waals surface area contributed by atoms with E-state index in [9.17, 15) is 23.1 Å². The second kappa shape index (κ2) is 9.63. The summed E-state index contributed by atoms with van der Waals surface area (Å²) in [5, 5.41) is 10.4. The Hall–Kier alpha value is -1.89. The summed E-state index contributed by atoms with van der Waals surface area (Å²) < 4.78 is 73.1. The zero-order chi connectivity index (χ0) is 25.5. The number of hydrogen-bond acceptors (Lipinski definition) is 7. The fraction of sp³-hybridized carbons (Fsp3) is 0.636. The molecule has 6 atom stereocenters. The molecule has 34 heavy (non-hydrogen) atoms. The summed E-state index contributed by atoms with van der Waals surface area (Å²) in [6, 6.07) is 7.27. The van der Waals surface area contributed by atoms with Gasteiger partial charge in [-0.25, -0.2) is 9.18 Å². The normalized spacial score (nSPS) is 29.1. The molecule has 1 fully saturated rings. The minimum Gasteiger partial charge on any atom is -0.443 e. The van der Waals surface area contributed by atoms with E-state index >= 15 is 4.39 Å². The van der Waals surface area contributed by atoms with E-state index in [4.69, 9.17) is 14.2 Å². The quantitative estimate of drug-likeness (QED) is 0.612. The lowest BCUT2D eigenvalue weighted by atomic mass is 9.87. The molecular formula is C22H28F4N2O5S. The fourth-order valence-corrected chi connectivity index (χ4v) is 4.59. The molecule has 2 heterocycles. The first-order valence-corrected chi connectivity index (χ1v) is 11.4. The van der Waals surface area contributed by atoms with Crippen LogP contribution in [0.25, 0.3) is 0 Å². The topological polar surface area (TPSA) is 80.6 Å². The van der Waals surface area contributed by atoms with Crippen LogP contribution in [0.5, 0.6) is 0 Å². The number of carbonyl (C=O) groups excluding carboxylic acids is 1. The number of fused-ring (bicyclic) bond motifs is 1. The molecule has 7 nitrogen and oxygen atoms in total. The number of thioether (sulfide) groups is 1. The second-order valence-electron chi connectivity index (χ2n) is 9.34. The number of aliphatic hydroxyl groups is 1. The Morgan fingerprint density at radius 2 is 1.82 bits per heavy atom. The number of amides is 1. The molecule has 0 spiro atoms. The van der Waals surface area contributed by atoms with Gasteiger partial charge in [0.1, 0.15) is 29.3 Å². The first kappa shape index (κ1) is 26.7. The van der Waals surface area contributed by atoms with Gasteiger partial charge in [0.2, 0.25) is 0 Å². The number of aliphatic imine (C=N–C) groups is 1. The Bertz CT molecular complexity index is 907. The van der Waals surface area contributed by atoms with E-state index in [1.807, 2.05) is 0 Å². The molecule has 2 aliphatic heterocycles. The van der Waals surface area contributed by atoms with Gasteiger partial charge in [-0.3, -0.25) is 9.89 Å². The molecule has 1 N–H and O–H groups in total. The van der Waals surface area contributed by atoms with Crippen molar-refractivity contribution >= 4 is 23.0 Å². The average Bonchev–Trinajstić information content (AvgIpc) is 3.15. The van der Waals surface area contributed by atoms with Crippen LogP contribution in [0.1, 0.15) is 33.3 Å². The maximum Gasteiger partial charge on any atom is 0.419 e. The van der Waals surface area contributed by atoms with Gasteiger partial charge in [-0.2, -0.15) is 13.2 Å². The molecule has 1 aromatic rings. The second-order valence-corrected chi connectivity index (χ2v) is 10.4. The number of carbonyl (C=O) groups is 1. The molecule has 3 rings (SSSR count). The lowest BCUT2D eigenvalue weighted by Crippen LogP contribution is -2.65. The summed E-state index contributed by atoms with van der Waals surface area (Å²) >= 11 is 0.787. The molecule has 12 heteroatoms. The standard InChI is InChI=1S/C22H28F4N2O5S/c1-20(2,3)33-19(29)28(5)18-27-14-13(23)15(31-11-12-9-7-6-8-10-12)16(32-17(14)34-18)21(4,30)22(24,25)26/h6-10,13-17,30H,11H2,1-5H3/t13-,14+,15-,16-,17+,21+/m0/s1. The highest BCUT2D eigenvalue weighted by atomic mass is 32.2. The minimum atomic E-state index is -5.11. The number of nitrogens with zero attached hydrogens (tertiary/aromatic N) is 2. The zero-order valence-electron chi connectivity index (χ0n) is 19.4. The molecule has 0 aromatic heterocycles. The van der Waals surface area contributed by atoms with Crippen molar-refractivity contribution in [2.24, 2.45) is 4.99 Å². The van der Waals surface area contributed by atoms with Crippen molar-refractivity contribution in [3.8, 4) is 0 Å². The van der Waals surface area contributed by atoms with Crippen molar-refractivity contribution < 1.29 is 41.7 Å². The predicted octanol–water partition coefficient (Wildman–Crippen LogP) is 4.29. The van der Waals surface area contributed by atoms with Crippen LogP contribution in [0.2, 0.25) is 0 Å². The number of halogens is 4. The van der Waals surface area contributed by atoms with Crippen molar-refractivity contribution in [2.45, 2.75) is 81.5 Å². The molecule has 1 aromatic carbocycles. The van der Waals surface area contributed by atoms with Crippen LogP contribution in [-0.4, -0.2) is 75.6 Å². The summed E-state index contributed by atoms with van der Waals surface area (Å²) in [5.74, 6) is 0. The minimum absolute atomic E-state index is 0.0287. The van der Waals surface area contributed by atoms with Gasteiger partial charge in [-0.05, 0) is 33.3 Å². The Kier molecular flexibility index (Phi) is 7.57. The van der Waals surface area contributed by atoms with Gasteiger partial charge in [-0.15, -0.1) is 0 Å². The smallest absolute Gasteiger partial charge is 0.419 e. The number of amidine groups is 1. The fourth-order valence-electron chi connectivity index (χ4n) is 3.44. The van der Waals surface area contributed by atoms with E-state index in [0.717, 1.165) is 16.7 Å². The Morgan fingerprint density at radius 1 is 1.21 bits per heavy atom. The van der Waals surface area contributed by atoms with E-state index in [1.165, 1.54) is 7.05 Å². The van der Waals surface area contributed by atoms with E-state index in [0.29, 0.717) is 12.5 Å². The zero-order valence-corrected chi connectivity index (χ0v) is 20.2. The molecule has 0 radical (unpaired) electrons. The maximum absolute atomic E-state index is 15.6. The van der Waals surface area contributed by atoms with Crippen LogP contribution < -0.4 is 0 Å². The lowest BCUT2D eigenvalue weighted by Gasteiger charge is -2.45. The molecule has 1 saturated heterocycles. The summed E-state index contributed by atoms with van der Waals surface area (Å²) in [6.07, 6.45) is -11.8. The van der Waals surface area contributed by atoms with E-state index in [1.54, 1.807) is 51.1 Å². The van der Waals surface area contributed by atoms with E-state index in [-0.39, 0.29) is 11.8 Å². The third-order valence-corrected chi connectivity index (χ3v) is 6.56. The molecule has 0 bridgehead atoms. The average molecular weight is 509 g/mol. The largest absolute Gasteiger partial charge is 0.443 e. The van der Waals surface area contributed by atoms with Crippen LogP contribution >= 0.6 is 11.8 Å². The first-order valence-electron chi connectivity index (χ1n) is 10.6. The summed E-state index contributed by atoms with van der Waals surface area (Å²) in [6.45, 7) is 5.33. The predicted molar refractivity (Wildman–Crippen MR) is 118 cm³/mol. The van der Waals surface area contributed by atoms with Gasteiger partial charge in [0.15, 0.2) is 16.9 Å². The van der Waals surface area contributed by atoms with Crippen molar-refractivity contribution in [3.63, 3.8) is 0 Å². The van der Waals surface area contributed by atoms with E-state index in [2.05, 4.69) is 4.99 Å². The number of alkyl halides is 4. The van der Waals surface area contributed by atoms with Crippen LogP contribution in [0.3, 0.4) is 0 Å². The van der Waals surface area contributed by atoms with Crippen LogP contribution in [0.4, 0.5) is 22.4 Å². The molecule has 0 aliphatic carbocycles. The number of rotatable bonds is 4. The van der Waals surface area contributed by atoms with Crippen molar-refractivity contribution in [1.82, 2.24) is 4.90 Å². The summed E-state index contributed by atoms with van der Waals surface area (Å²) in [7, 11) is 1.36. The van der Waals surface area contributed by atoms with Gasteiger partial charge in [0.05, 0.1) is 6.61 Å². The Balaban J connectivity index is 1.85. The summed E-state index contributed by atoms with van der Waals surface area (Å²) in [4.78, 5) is 17.6. The third kappa shape index (κ3) is 5.67. The van der Waals surface area contributed by atoms with E-state index < -0.39 is 53.3 Å². The third-order valence-electron chi connectivity index (χ3n) is 5.35. The first-order chi connectivity index (χ1) is 15.6. The SMILES string of the molecule is CN(C(=O)OC(C)(C)C)C1=N[C@@H]2[C@H](F)[C@H](OCc3ccccc3)[C@@H]([C@@](C)(O)C(F)(F)F)O[C@@H]2S1. The van der Waals surface area contributed by atoms with Crippen LogP contribution in [0.15, 0.2) is 35.3 Å². The van der Waals surface area contributed by atoms with Crippen molar-refractivity contribution in [1.29, 1.82) is 0 Å². The van der Waals surface area contributed by atoms with Gasteiger partial charge >= 0.3 is 12.3 Å². The molecule has 0 saturated carbocycles. The lowest BCUT2D eigenvalue weighted by molar-refractivity contribution is -0.319. The molecular weight excluding hydrogens is 480 g/mol. The van der Waals surface area contributed by atoms with Gasteiger partial charge in [0.25, 0.3) is 0 Å². The Labute approximate surface area is 199 Å². The van der Waals surface area contributed by atoms with Crippen molar-refractivity contribution in [3.05, 3.63) is 35.9 Å². The molecule has 2 aliphatic rings. The highest BCUT2D eigenvalue weighted by Gasteiger charge is 2.64. The van der Waals surface area contributed by atoms with Gasteiger partial charge in [0, 0.05) is 7.05 Å². The summed E-state index contributed by atoms with van der Waals surface area (Å²) in [5.41, 5.74) is -4.79. The van der Waals surface area contributed by atoms with Crippen LogP contribution in [0, 0.1) is 0 Å². The maximum atomic E-state index is 15.6. The number of hydrogen-bond donors (Lipinski definition) is 1. The monoisotopic (exact) mass is 508 g/mol. The van der Waals surface area contributed by atoms with Crippen LogP contribution in [-0.2, 0) is 20.8 Å². The highest BCUT2D eigenvalue weighted by molar-refractivity contribution is 8.14. The Morgan fingerprint density at radius 3 is 2.38 bits per heavy atom. The highest BCUT2D eigenvalue weighted by Crippen LogP contribution is 2.46. The van der Waals surface area contributed by atoms with Crippen molar-refractivity contribution in [2.75, 3.05) is 7.05 Å². The number of ether oxygens (including phenoxy) is 3. The molecule has 0 unspecified atom stereocenters. The van der Waals surface area contributed by atoms with Gasteiger partial charge < -0.3 is 19.3 Å². The molecule has 190 valence electrons.